The average molecular weight is 353 g/mol. The Labute approximate surface area is 149 Å². The van der Waals surface area contributed by atoms with Crippen LogP contribution in [0.4, 0.5) is 10.1 Å². The molecule has 6 nitrogen and oxygen atoms in total. The van der Waals surface area contributed by atoms with Crippen molar-refractivity contribution in [2.45, 2.75) is 6.92 Å². The number of aromatic nitrogens is 2. The molecule has 7 heteroatoms. The van der Waals surface area contributed by atoms with Gasteiger partial charge in [-0.05, 0) is 36.8 Å². The molecular formula is C19H16FN3O3. The molecule has 1 heterocycles. The van der Waals surface area contributed by atoms with Crippen molar-refractivity contribution in [1.29, 1.82) is 0 Å². The molecule has 1 N–H and O–H groups in total. The van der Waals surface area contributed by atoms with E-state index >= 15 is 0 Å². The number of anilines is 1. The van der Waals surface area contributed by atoms with Gasteiger partial charge in [-0.1, -0.05) is 24.3 Å². The molecule has 0 bridgehead atoms. The number of para-hydroxylation sites is 1. The zero-order valence-electron chi connectivity index (χ0n) is 14.0. The molecule has 26 heavy (non-hydrogen) atoms. The number of rotatable bonds is 5. The summed E-state index contributed by atoms with van der Waals surface area (Å²) in [6.45, 7) is 1.24. The minimum atomic E-state index is -0.683. The Morgan fingerprint density at radius 3 is 2.73 bits per heavy atom. The van der Waals surface area contributed by atoms with E-state index in [9.17, 15) is 14.0 Å². The largest absolute Gasteiger partial charge is 0.451 e. The Hall–Kier alpha value is -3.48. The lowest BCUT2D eigenvalue weighted by atomic mass is 10.2. The molecule has 0 fully saturated rings. The molecule has 0 unspecified atom stereocenters. The summed E-state index contributed by atoms with van der Waals surface area (Å²) < 4.78 is 19.9. The van der Waals surface area contributed by atoms with Crippen LogP contribution in [0, 0.1) is 12.7 Å². The van der Waals surface area contributed by atoms with Crippen molar-refractivity contribution in [3.8, 4) is 5.69 Å². The molecule has 0 aliphatic carbocycles. The molecule has 0 aliphatic heterocycles. The Bertz CT molecular complexity index is 938. The molecule has 0 saturated heterocycles. The van der Waals surface area contributed by atoms with Crippen molar-refractivity contribution >= 4 is 17.6 Å². The molecule has 1 amide bonds. The summed E-state index contributed by atoms with van der Waals surface area (Å²) in [5.74, 6) is -1.70. The van der Waals surface area contributed by atoms with Crippen LogP contribution < -0.4 is 5.32 Å². The van der Waals surface area contributed by atoms with Gasteiger partial charge in [-0.3, -0.25) is 9.36 Å². The number of amides is 1. The maximum absolute atomic E-state index is 13.3. The van der Waals surface area contributed by atoms with E-state index in [2.05, 4.69) is 10.3 Å². The molecule has 132 valence electrons. The van der Waals surface area contributed by atoms with Gasteiger partial charge < -0.3 is 10.1 Å². The number of imidazole rings is 1. The van der Waals surface area contributed by atoms with Gasteiger partial charge in [0, 0.05) is 11.4 Å². The maximum atomic E-state index is 13.3. The second-order valence-electron chi connectivity index (χ2n) is 5.57. The first kappa shape index (κ1) is 17.3. The first-order valence-electron chi connectivity index (χ1n) is 7.85. The number of nitrogens with zero attached hydrogens (tertiary/aromatic N) is 2. The first-order valence-corrected chi connectivity index (χ1v) is 7.85. The van der Waals surface area contributed by atoms with Crippen LogP contribution in [-0.2, 0) is 9.53 Å². The highest BCUT2D eigenvalue weighted by Gasteiger charge is 2.16. The Kier molecular flexibility index (Phi) is 5.07. The van der Waals surface area contributed by atoms with Gasteiger partial charge in [-0.25, -0.2) is 14.2 Å². The van der Waals surface area contributed by atoms with E-state index in [0.717, 1.165) is 5.69 Å². The molecule has 0 spiro atoms. The van der Waals surface area contributed by atoms with Crippen molar-refractivity contribution in [2.75, 3.05) is 11.9 Å². The van der Waals surface area contributed by atoms with Crippen molar-refractivity contribution in [3.05, 3.63) is 78.1 Å². The van der Waals surface area contributed by atoms with E-state index in [1.165, 1.54) is 24.7 Å². The third-order valence-electron chi connectivity index (χ3n) is 3.69. The topological polar surface area (TPSA) is 73.2 Å². The molecule has 3 aromatic rings. The molecule has 0 atom stereocenters. The number of ether oxygens (including phenoxy) is 1. The van der Waals surface area contributed by atoms with Gasteiger partial charge in [-0.15, -0.1) is 0 Å². The van der Waals surface area contributed by atoms with Gasteiger partial charge in [0.1, 0.15) is 5.82 Å². The predicted octanol–water partition coefficient (Wildman–Crippen LogP) is 3.12. The van der Waals surface area contributed by atoms with Crippen LogP contribution in [0.3, 0.4) is 0 Å². The summed E-state index contributed by atoms with van der Waals surface area (Å²) in [5.41, 5.74) is 1.98. The summed E-state index contributed by atoms with van der Waals surface area (Å²) in [6.07, 6.45) is 2.85. The normalized spacial score (nSPS) is 10.4. The van der Waals surface area contributed by atoms with Gasteiger partial charge in [0.2, 0.25) is 0 Å². The SMILES string of the molecule is Cc1ccc(F)cc1NC(=O)COC(=O)c1cncn1-c1ccccc1. The minimum absolute atomic E-state index is 0.200. The highest BCUT2D eigenvalue weighted by atomic mass is 19.1. The molecule has 0 saturated carbocycles. The lowest BCUT2D eigenvalue weighted by molar-refractivity contribution is -0.119. The van der Waals surface area contributed by atoms with Crippen molar-refractivity contribution in [2.24, 2.45) is 0 Å². The van der Waals surface area contributed by atoms with E-state index in [0.29, 0.717) is 11.3 Å². The number of nitrogens with one attached hydrogen (secondary N) is 1. The number of benzene rings is 2. The third-order valence-corrected chi connectivity index (χ3v) is 3.69. The fourth-order valence-corrected chi connectivity index (χ4v) is 2.36. The second kappa shape index (κ2) is 7.60. The number of carbonyl (C=O) groups is 2. The number of hydrogen-bond donors (Lipinski definition) is 1. The highest BCUT2D eigenvalue weighted by Crippen LogP contribution is 2.16. The number of halogens is 1. The van der Waals surface area contributed by atoms with Crippen molar-refractivity contribution < 1.29 is 18.7 Å². The second-order valence-corrected chi connectivity index (χ2v) is 5.57. The summed E-state index contributed by atoms with van der Waals surface area (Å²) in [7, 11) is 0. The number of hydrogen-bond acceptors (Lipinski definition) is 4. The van der Waals surface area contributed by atoms with E-state index in [1.54, 1.807) is 17.6 Å². The van der Waals surface area contributed by atoms with E-state index in [-0.39, 0.29) is 5.69 Å². The monoisotopic (exact) mass is 353 g/mol. The van der Waals surface area contributed by atoms with Gasteiger partial charge in [0.15, 0.2) is 12.3 Å². The number of carbonyl (C=O) groups excluding carboxylic acids is 2. The number of esters is 1. The van der Waals surface area contributed by atoms with Crippen LogP contribution in [-0.4, -0.2) is 28.0 Å². The van der Waals surface area contributed by atoms with Gasteiger partial charge in [0.25, 0.3) is 5.91 Å². The van der Waals surface area contributed by atoms with Crippen LogP contribution in [0.1, 0.15) is 16.1 Å². The average Bonchev–Trinajstić information content (AvgIpc) is 3.13. The molecular weight excluding hydrogens is 337 g/mol. The number of aryl methyl sites for hydroxylation is 1. The van der Waals surface area contributed by atoms with Crippen molar-refractivity contribution in [1.82, 2.24) is 9.55 Å². The third kappa shape index (κ3) is 3.94. The standard InChI is InChI=1S/C19H16FN3O3/c1-13-7-8-14(20)9-16(13)22-18(24)11-26-19(25)17-10-21-12-23(17)15-5-3-2-4-6-15/h2-10,12H,11H2,1H3,(H,22,24). The molecule has 3 rings (SSSR count). The Morgan fingerprint density at radius 1 is 1.19 bits per heavy atom. The fraction of sp³-hybridized carbons (Fsp3) is 0.105. The lowest BCUT2D eigenvalue weighted by Gasteiger charge is -2.10. The van der Waals surface area contributed by atoms with E-state index in [1.807, 2.05) is 30.3 Å². The fourth-order valence-electron chi connectivity index (χ4n) is 2.36. The van der Waals surface area contributed by atoms with Crippen LogP contribution >= 0.6 is 0 Å². The van der Waals surface area contributed by atoms with E-state index in [4.69, 9.17) is 4.74 Å². The zero-order chi connectivity index (χ0) is 18.5. The summed E-state index contributed by atoms with van der Waals surface area (Å²) in [4.78, 5) is 28.2. The van der Waals surface area contributed by atoms with Crippen LogP contribution in [0.25, 0.3) is 5.69 Å². The molecule has 0 radical (unpaired) electrons. The van der Waals surface area contributed by atoms with E-state index < -0.39 is 24.3 Å². The lowest BCUT2D eigenvalue weighted by Crippen LogP contribution is -2.22. The molecule has 0 aliphatic rings. The maximum Gasteiger partial charge on any atom is 0.357 e. The van der Waals surface area contributed by atoms with Gasteiger partial charge in [0.05, 0.1) is 12.5 Å². The van der Waals surface area contributed by atoms with Crippen LogP contribution in [0.5, 0.6) is 0 Å². The Morgan fingerprint density at radius 2 is 1.96 bits per heavy atom. The van der Waals surface area contributed by atoms with Crippen molar-refractivity contribution in [3.63, 3.8) is 0 Å². The van der Waals surface area contributed by atoms with Gasteiger partial charge in [-0.2, -0.15) is 0 Å². The zero-order valence-corrected chi connectivity index (χ0v) is 14.0. The highest BCUT2D eigenvalue weighted by molar-refractivity contribution is 5.95. The summed E-state index contributed by atoms with van der Waals surface area (Å²) >= 11 is 0. The quantitative estimate of drug-likeness (QED) is 0.715. The minimum Gasteiger partial charge on any atom is -0.451 e. The summed E-state index contributed by atoms with van der Waals surface area (Å²) in [6, 6.07) is 13.2. The molecule has 2 aromatic carbocycles. The summed E-state index contributed by atoms with van der Waals surface area (Å²) in [5, 5.41) is 2.52. The Balaban J connectivity index is 1.64. The van der Waals surface area contributed by atoms with Gasteiger partial charge >= 0.3 is 5.97 Å². The first-order chi connectivity index (χ1) is 12.5. The smallest absolute Gasteiger partial charge is 0.357 e. The molecule has 1 aromatic heterocycles. The van der Waals surface area contributed by atoms with Crippen LogP contribution in [0.2, 0.25) is 0 Å². The predicted molar refractivity (Wildman–Crippen MR) is 93.6 cm³/mol. The van der Waals surface area contributed by atoms with Crippen LogP contribution in [0.15, 0.2) is 61.1 Å².